The van der Waals surface area contributed by atoms with Crippen molar-refractivity contribution in [3.63, 3.8) is 0 Å². The molecule has 0 fully saturated rings. The van der Waals surface area contributed by atoms with E-state index in [9.17, 15) is 4.79 Å². The highest BCUT2D eigenvalue weighted by Gasteiger charge is 2.11. The highest BCUT2D eigenvalue weighted by molar-refractivity contribution is 5.78. The number of ether oxygens (including phenoxy) is 1. The van der Waals surface area contributed by atoms with Gasteiger partial charge in [-0.2, -0.15) is 0 Å². The van der Waals surface area contributed by atoms with Crippen molar-refractivity contribution < 1.29 is 9.53 Å². The first kappa shape index (κ1) is 22.6. The lowest BCUT2D eigenvalue weighted by Gasteiger charge is -2.12. The molecular formula is C28H31N3O2. The summed E-state index contributed by atoms with van der Waals surface area (Å²) in [5.41, 5.74) is 4.37. The molecule has 0 aliphatic heterocycles. The zero-order valence-electron chi connectivity index (χ0n) is 19.3. The Morgan fingerprint density at radius 1 is 0.970 bits per heavy atom. The molecule has 1 heterocycles. The number of carbonyl (C=O) groups excluding carboxylic acids is 1. The van der Waals surface area contributed by atoms with Crippen LogP contribution in [-0.2, 0) is 24.2 Å². The minimum atomic E-state index is 0.0250. The van der Waals surface area contributed by atoms with Gasteiger partial charge in [-0.1, -0.05) is 68.4 Å². The SMILES string of the molecule is CC(C)c1ccc(OCCn2c(CCNC(=O)Cc3ccccc3)nc3ccccc32)cc1. The fourth-order valence-corrected chi connectivity index (χ4v) is 3.93. The van der Waals surface area contributed by atoms with Gasteiger partial charge in [0.15, 0.2) is 0 Å². The Morgan fingerprint density at radius 2 is 1.70 bits per heavy atom. The molecule has 0 bridgehead atoms. The minimum absolute atomic E-state index is 0.0250. The topological polar surface area (TPSA) is 56.1 Å². The molecule has 5 heteroatoms. The van der Waals surface area contributed by atoms with Gasteiger partial charge in [0.1, 0.15) is 18.2 Å². The third-order valence-electron chi connectivity index (χ3n) is 5.74. The van der Waals surface area contributed by atoms with Crippen LogP contribution in [0.1, 0.15) is 36.7 Å². The quantitative estimate of drug-likeness (QED) is 0.371. The van der Waals surface area contributed by atoms with E-state index in [1.165, 1.54) is 5.56 Å². The van der Waals surface area contributed by atoms with E-state index >= 15 is 0 Å². The third-order valence-corrected chi connectivity index (χ3v) is 5.74. The molecule has 5 nitrogen and oxygen atoms in total. The Morgan fingerprint density at radius 3 is 2.45 bits per heavy atom. The van der Waals surface area contributed by atoms with Crippen LogP contribution in [0.5, 0.6) is 5.75 Å². The van der Waals surface area contributed by atoms with Gasteiger partial charge in [0.25, 0.3) is 0 Å². The van der Waals surface area contributed by atoms with Crippen LogP contribution in [0.3, 0.4) is 0 Å². The number of para-hydroxylation sites is 2. The zero-order valence-corrected chi connectivity index (χ0v) is 19.3. The van der Waals surface area contributed by atoms with Gasteiger partial charge >= 0.3 is 0 Å². The van der Waals surface area contributed by atoms with E-state index in [0.29, 0.717) is 38.5 Å². The van der Waals surface area contributed by atoms with Crippen LogP contribution < -0.4 is 10.1 Å². The molecule has 33 heavy (non-hydrogen) atoms. The third kappa shape index (κ3) is 6.01. The minimum Gasteiger partial charge on any atom is -0.492 e. The summed E-state index contributed by atoms with van der Waals surface area (Å²) in [4.78, 5) is 17.1. The monoisotopic (exact) mass is 441 g/mol. The summed E-state index contributed by atoms with van der Waals surface area (Å²) in [5, 5.41) is 3.02. The van der Waals surface area contributed by atoms with Crippen molar-refractivity contribution >= 4 is 16.9 Å². The fraction of sp³-hybridized carbons (Fsp3) is 0.286. The van der Waals surface area contributed by atoms with Crippen molar-refractivity contribution in [2.24, 2.45) is 0 Å². The molecule has 0 saturated heterocycles. The molecule has 0 aliphatic rings. The molecule has 1 amide bonds. The second-order valence-corrected chi connectivity index (χ2v) is 8.50. The largest absolute Gasteiger partial charge is 0.492 e. The van der Waals surface area contributed by atoms with Gasteiger partial charge in [0.2, 0.25) is 5.91 Å². The fourth-order valence-electron chi connectivity index (χ4n) is 3.93. The van der Waals surface area contributed by atoms with Gasteiger partial charge in [0, 0.05) is 13.0 Å². The Hall–Kier alpha value is -3.60. The Bertz CT molecular complexity index is 1180. The Balaban J connectivity index is 1.36. The lowest BCUT2D eigenvalue weighted by molar-refractivity contribution is -0.120. The zero-order chi connectivity index (χ0) is 23.0. The molecular weight excluding hydrogens is 410 g/mol. The molecule has 0 radical (unpaired) electrons. The molecule has 0 atom stereocenters. The van der Waals surface area contributed by atoms with E-state index in [1.54, 1.807) is 0 Å². The Kier molecular flexibility index (Phi) is 7.40. The number of nitrogens with zero attached hydrogens (tertiary/aromatic N) is 2. The van der Waals surface area contributed by atoms with E-state index in [1.807, 2.05) is 60.7 Å². The standard InChI is InChI=1S/C28H31N3O2/c1-21(2)23-12-14-24(15-13-23)33-19-18-31-26-11-7-6-10-25(26)30-27(31)16-17-29-28(32)20-22-8-4-3-5-9-22/h3-15,21H,16-20H2,1-2H3,(H,29,32). The van der Waals surface area contributed by atoms with Crippen LogP contribution in [-0.4, -0.2) is 28.6 Å². The van der Waals surface area contributed by atoms with Crippen LogP contribution >= 0.6 is 0 Å². The molecule has 0 aliphatic carbocycles. The highest BCUT2D eigenvalue weighted by atomic mass is 16.5. The lowest BCUT2D eigenvalue weighted by Crippen LogP contribution is -2.28. The summed E-state index contributed by atoms with van der Waals surface area (Å²) >= 11 is 0. The predicted molar refractivity (Wildman–Crippen MR) is 133 cm³/mol. The molecule has 0 unspecified atom stereocenters. The van der Waals surface area contributed by atoms with E-state index in [0.717, 1.165) is 28.2 Å². The molecule has 170 valence electrons. The average Bonchev–Trinajstić information content (AvgIpc) is 3.17. The van der Waals surface area contributed by atoms with E-state index < -0.39 is 0 Å². The number of benzene rings is 3. The van der Waals surface area contributed by atoms with Crippen molar-refractivity contribution in [1.29, 1.82) is 0 Å². The summed E-state index contributed by atoms with van der Waals surface area (Å²) in [6.07, 6.45) is 1.05. The first-order valence-corrected chi connectivity index (χ1v) is 11.6. The number of imidazole rings is 1. The highest BCUT2D eigenvalue weighted by Crippen LogP contribution is 2.20. The van der Waals surface area contributed by atoms with E-state index in [-0.39, 0.29) is 5.91 Å². The van der Waals surface area contributed by atoms with Gasteiger partial charge in [0.05, 0.1) is 24.0 Å². The van der Waals surface area contributed by atoms with Crippen LogP contribution in [0.15, 0.2) is 78.9 Å². The predicted octanol–water partition coefficient (Wildman–Crippen LogP) is 5.14. The molecule has 0 saturated carbocycles. The molecule has 1 aromatic heterocycles. The molecule has 0 spiro atoms. The molecule has 3 aromatic carbocycles. The van der Waals surface area contributed by atoms with Crippen molar-refractivity contribution in [1.82, 2.24) is 14.9 Å². The number of nitrogens with one attached hydrogen (secondary N) is 1. The maximum atomic E-state index is 12.3. The maximum Gasteiger partial charge on any atom is 0.224 e. The Labute approximate surface area is 195 Å². The van der Waals surface area contributed by atoms with Gasteiger partial charge in [-0.3, -0.25) is 4.79 Å². The van der Waals surface area contributed by atoms with Crippen molar-refractivity contribution in [3.05, 3.63) is 95.8 Å². The van der Waals surface area contributed by atoms with Gasteiger partial charge < -0.3 is 14.6 Å². The van der Waals surface area contributed by atoms with Gasteiger partial charge in [-0.15, -0.1) is 0 Å². The van der Waals surface area contributed by atoms with Gasteiger partial charge in [-0.25, -0.2) is 4.98 Å². The first-order valence-electron chi connectivity index (χ1n) is 11.6. The van der Waals surface area contributed by atoms with Crippen molar-refractivity contribution in [2.75, 3.05) is 13.2 Å². The number of fused-ring (bicyclic) bond motifs is 1. The first-order chi connectivity index (χ1) is 16.1. The number of carbonyl (C=O) groups is 1. The summed E-state index contributed by atoms with van der Waals surface area (Å²) in [6, 6.07) is 26.2. The van der Waals surface area contributed by atoms with E-state index in [4.69, 9.17) is 9.72 Å². The van der Waals surface area contributed by atoms with E-state index in [2.05, 4.69) is 41.9 Å². The lowest BCUT2D eigenvalue weighted by atomic mass is 10.0. The summed E-state index contributed by atoms with van der Waals surface area (Å²) in [6.45, 7) is 6.16. The van der Waals surface area contributed by atoms with Crippen LogP contribution in [0.4, 0.5) is 0 Å². The number of rotatable bonds is 10. The second-order valence-electron chi connectivity index (χ2n) is 8.50. The number of hydrogen-bond acceptors (Lipinski definition) is 3. The summed E-state index contributed by atoms with van der Waals surface area (Å²) in [5.74, 6) is 2.36. The summed E-state index contributed by atoms with van der Waals surface area (Å²) in [7, 11) is 0. The van der Waals surface area contributed by atoms with Crippen molar-refractivity contribution in [2.45, 2.75) is 39.2 Å². The second kappa shape index (κ2) is 10.8. The van der Waals surface area contributed by atoms with Crippen LogP contribution in [0.2, 0.25) is 0 Å². The molecule has 1 N–H and O–H groups in total. The number of amides is 1. The normalized spacial score (nSPS) is 11.1. The summed E-state index contributed by atoms with van der Waals surface area (Å²) < 4.78 is 8.20. The van der Waals surface area contributed by atoms with Crippen molar-refractivity contribution in [3.8, 4) is 5.75 Å². The van der Waals surface area contributed by atoms with Crippen LogP contribution in [0, 0.1) is 0 Å². The van der Waals surface area contributed by atoms with Gasteiger partial charge in [-0.05, 0) is 41.3 Å². The smallest absolute Gasteiger partial charge is 0.224 e. The average molecular weight is 442 g/mol. The number of aromatic nitrogens is 2. The maximum absolute atomic E-state index is 12.3. The van der Waals surface area contributed by atoms with Crippen LogP contribution in [0.25, 0.3) is 11.0 Å². The molecule has 4 aromatic rings. The molecule has 4 rings (SSSR count). The number of hydrogen-bond donors (Lipinski definition) is 1.